The lowest BCUT2D eigenvalue weighted by atomic mass is 10.2. The lowest BCUT2D eigenvalue weighted by Crippen LogP contribution is -2.52. The summed E-state index contributed by atoms with van der Waals surface area (Å²) in [6.45, 7) is 11.2. The molecule has 1 aliphatic heterocycles. The summed E-state index contributed by atoms with van der Waals surface area (Å²) in [5, 5.41) is 0. The number of ether oxygens (including phenoxy) is 1. The Balaban J connectivity index is 2.12. The Morgan fingerprint density at radius 3 is 2.79 bits per heavy atom. The molecule has 5 nitrogen and oxygen atoms in total. The molecule has 1 unspecified atom stereocenters. The Morgan fingerprint density at radius 1 is 1.37 bits per heavy atom. The molecule has 5 heteroatoms. The van der Waals surface area contributed by atoms with Crippen LogP contribution in [-0.2, 0) is 0 Å². The van der Waals surface area contributed by atoms with E-state index < -0.39 is 0 Å². The topological polar surface area (TPSA) is 54.6 Å². The second kappa shape index (κ2) is 6.10. The number of pyridine rings is 1. The van der Waals surface area contributed by atoms with Crippen LogP contribution in [0.25, 0.3) is 0 Å². The molecule has 1 fully saturated rings. The molecule has 2 heterocycles. The molecule has 2 N–H and O–H groups in total. The van der Waals surface area contributed by atoms with Gasteiger partial charge >= 0.3 is 0 Å². The molecule has 0 bridgehead atoms. The van der Waals surface area contributed by atoms with Gasteiger partial charge in [-0.25, -0.2) is 0 Å². The number of likely N-dealkylation sites (N-methyl/N-ethyl adjacent to an activating group) is 1. The molecular weight excluding hydrogens is 240 g/mol. The van der Waals surface area contributed by atoms with Crippen molar-refractivity contribution in [2.45, 2.75) is 26.8 Å². The van der Waals surface area contributed by atoms with Crippen molar-refractivity contribution in [3.8, 4) is 5.88 Å². The number of aromatic nitrogens is 1. The number of nitrogen functional groups attached to an aromatic ring is 1. The molecule has 106 valence electrons. The van der Waals surface area contributed by atoms with Crippen molar-refractivity contribution < 1.29 is 4.74 Å². The van der Waals surface area contributed by atoms with Gasteiger partial charge in [-0.1, -0.05) is 6.92 Å². The summed E-state index contributed by atoms with van der Waals surface area (Å²) in [5.74, 6) is 1.51. The summed E-state index contributed by atoms with van der Waals surface area (Å²) in [4.78, 5) is 9.32. The highest BCUT2D eigenvalue weighted by molar-refractivity contribution is 5.54. The summed E-state index contributed by atoms with van der Waals surface area (Å²) in [5.41, 5.74) is 6.46. The van der Waals surface area contributed by atoms with Gasteiger partial charge < -0.3 is 15.4 Å². The Morgan fingerprint density at radius 2 is 2.16 bits per heavy atom. The van der Waals surface area contributed by atoms with E-state index in [0.29, 0.717) is 24.2 Å². The van der Waals surface area contributed by atoms with E-state index in [2.05, 4.69) is 28.6 Å². The van der Waals surface area contributed by atoms with Crippen molar-refractivity contribution in [2.75, 3.05) is 43.4 Å². The van der Waals surface area contributed by atoms with Gasteiger partial charge in [0.25, 0.3) is 0 Å². The molecule has 1 aromatic rings. The minimum absolute atomic E-state index is 0.547. The predicted molar refractivity (Wildman–Crippen MR) is 78.7 cm³/mol. The Hall–Kier alpha value is -1.49. The van der Waals surface area contributed by atoms with E-state index >= 15 is 0 Å². The normalized spacial score (nSPS) is 20.6. The second-order valence-electron chi connectivity index (χ2n) is 4.92. The third kappa shape index (κ3) is 3.10. The van der Waals surface area contributed by atoms with Gasteiger partial charge in [0, 0.05) is 25.7 Å². The zero-order chi connectivity index (χ0) is 13.8. The van der Waals surface area contributed by atoms with Gasteiger partial charge in [0.15, 0.2) is 0 Å². The van der Waals surface area contributed by atoms with E-state index in [-0.39, 0.29) is 0 Å². The summed E-state index contributed by atoms with van der Waals surface area (Å²) in [7, 11) is 0. The van der Waals surface area contributed by atoms with Gasteiger partial charge in [0.1, 0.15) is 5.82 Å². The highest BCUT2D eigenvalue weighted by atomic mass is 16.5. The first-order valence-electron chi connectivity index (χ1n) is 7.04. The zero-order valence-electron chi connectivity index (χ0n) is 12.1. The number of nitrogens with two attached hydrogens (primary N) is 1. The van der Waals surface area contributed by atoms with Crippen molar-refractivity contribution in [1.82, 2.24) is 9.88 Å². The molecular formula is C14H24N4O. The third-order valence-electron chi connectivity index (χ3n) is 3.65. The number of hydrogen-bond donors (Lipinski definition) is 1. The van der Waals surface area contributed by atoms with Gasteiger partial charge in [-0.05, 0) is 32.5 Å². The second-order valence-corrected chi connectivity index (χ2v) is 4.92. The maximum atomic E-state index is 5.86. The van der Waals surface area contributed by atoms with Crippen molar-refractivity contribution in [3.05, 3.63) is 12.1 Å². The number of hydrogen-bond acceptors (Lipinski definition) is 5. The molecule has 19 heavy (non-hydrogen) atoms. The highest BCUT2D eigenvalue weighted by Crippen LogP contribution is 2.24. The monoisotopic (exact) mass is 264 g/mol. The van der Waals surface area contributed by atoms with Gasteiger partial charge in [-0.15, -0.1) is 0 Å². The SMILES string of the molecule is CCOc1nc(N2CCN(CC)C(C)C2)ccc1N. The molecule has 1 aliphatic rings. The molecule has 0 aromatic carbocycles. The van der Waals surface area contributed by atoms with Crippen LogP contribution < -0.4 is 15.4 Å². The third-order valence-corrected chi connectivity index (χ3v) is 3.65. The fraction of sp³-hybridized carbons (Fsp3) is 0.643. The molecule has 0 saturated carbocycles. The molecule has 2 rings (SSSR count). The first-order chi connectivity index (χ1) is 9.15. The summed E-state index contributed by atoms with van der Waals surface area (Å²) >= 11 is 0. The number of nitrogens with zero attached hydrogens (tertiary/aromatic N) is 3. The van der Waals surface area contributed by atoms with Crippen molar-refractivity contribution in [3.63, 3.8) is 0 Å². The largest absolute Gasteiger partial charge is 0.476 e. The summed E-state index contributed by atoms with van der Waals surface area (Å²) in [6.07, 6.45) is 0. The van der Waals surface area contributed by atoms with E-state index in [1.807, 2.05) is 19.1 Å². The Labute approximate surface area is 115 Å². The quantitative estimate of drug-likeness (QED) is 0.895. The van der Waals surface area contributed by atoms with Crippen LogP contribution in [0.5, 0.6) is 5.88 Å². The Kier molecular flexibility index (Phi) is 4.47. The average Bonchev–Trinajstić information content (AvgIpc) is 2.41. The van der Waals surface area contributed by atoms with Crippen LogP contribution in [0, 0.1) is 0 Å². The molecule has 0 spiro atoms. The van der Waals surface area contributed by atoms with E-state index in [1.165, 1.54) is 0 Å². The summed E-state index contributed by atoms with van der Waals surface area (Å²) in [6, 6.07) is 4.41. The van der Waals surface area contributed by atoms with Crippen molar-refractivity contribution in [1.29, 1.82) is 0 Å². The number of piperazine rings is 1. The molecule has 1 atom stereocenters. The standard InChI is InChI=1S/C14H24N4O/c1-4-17-8-9-18(10-11(17)3)13-7-6-12(15)14(16-13)19-5-2/h6-7,11H,4-5,8-10,15H2,1-3H3. The Bertz CT molecular complexity index is 424. The molecule has 0 radical (unpaired) electrons. The lowest BCUT2D eigenvalue weighted by molar-refractivity contribution is 0.199. The maximum absolute atomic E-state index is 5.86. The molecule has 0 aliphatic carbocycles. The lowest BCUT2D eigenvalue weighted by Gasteiger charge is -2.40. The van der Waals surface area contributed by atoms with Crippen LogP contribution in [0.15, 0.2) is 12.1 Å². The van der Waals surface area contributed by atoms with Gasteiger partial charge in [-0.2, -0.15) is 4.98 Å². The minimum Gasteiger partial charge on any atom is -0.476 e. The fourth-order valence-corrected chi connectivity index (χ4v) is 2.54. The van der Waals surface area contributed by atoms with Gasteiger partial charge in [0.2, 0.25) is 5.88 Å². The van der Waals surface area contributed by atoms with Gasteiger partial charge in [-0.3, -0.25) is 4.90 Å². The number of rotatable bonds is 4. The summed E-state index contributed by atoms with van der Waals surface area (Å²) < 4.78 is 5.46. The van der Waals surface area contributed by atoms with Crippen LogP contribution >= 0.6 is 0 Å². The minimum atomic E-state index is 0.547. The van der Waals surface area contributed by atoms with Gasteiger partial charge in [0.05, 0.1) is 12.3 Å². The van der Waals surface area contributed by atoms with E-state index in [0.717, 1.165) is 32.0 Å². The predicted octanol–water partition coefficient (Wildman–Crippen LogP) is 1.59. The highest BCUT2D eigenvalue weighted by Gasteiger charge is 2.23. The zero-order valence-corrected chi connectivity index (χ0v) is 12.1. The number of anilines is 2. The smallest absolute Gasteiger partial charge is 0.239 e. The van der Waals surface area contributed by atoms with Crippen molar-refractivity contribution in [2.24, 2.45) is 0 Å². The van der Waals surface area contributed by atoms with Crippen LogP contribution in [0.1, 0.15) is 20.8 Å². The van der Waals surface area contributed by atoms with Crippen LogP contribution in [0.3, 0.4) is 0 Å². The average molecular weight is 264 g/mol. The van der Waals surface area contributed by atoms with Crippen LogP contribution in [-0.4, -0.2) is 48.7 Å². The molecule has 0 amide bonds. The fourth-order valence-electron chi connectivity index (χ4n) is 2.54. The van der Waals surface area contributed by atoms with Crippen LogP contribution in [0.2, 0.25) is 0 Å². The van der Waals surface area contributed by atoms with E-state index in [9.17, 15) is 0 Å². The first-order valence-corrected chi connectivity index (χ1v) is 7.04. The first kappa shape index (κ1) is 13.9. The maximum Gasteiger partial charge on any atom is 0.239 e. The van der Waals surface area contributed by atoms with Crippen LogP contribution in [0.4, 0.5) is 11.5 Å². The van der Waals surface area contributed by atoms with E-state index in [4.69, 9.17) is 10.5 Å². The van der Waals surface area contributed by atoms with E-state index in [1.54, 1.807) is 0 Å². The molecule has 1 saturated heterocycles. The van der Waals surface area contributed by atoms with Crippen molar-refractivity contribution >= 4 is 11.5 Å². The molecule has 1 aromatic heterocycles.